The highest BCUT2D eigenvalue weighted by Gasteiger charge is 2.04. The van der Waals surface area contributed by atoms with Crippen molar-refractivity contribution in [3.05, 3.63) is 51.8 Å². The van der Waals surface area contributed by atoms with Gasteiger partial charge in [0.15, 0.2) is 5.82 Å². The predicted molar refractivity (Wildman–Crippen MR) is 96.7 cm³/mol. The monoisotopic (exact) mass is 343 g/mol. The van der Waals surface area contributed by atoms with Crippen molar-refractivity contribution in [2.45, 2.75) is 26.2 Å². The highest BCUT2D eigenvalue weighted by atomic mass is 16.5. The van der Waals surface area contributed by atoms with E-state index in [0.29, 0.717) is 11.4 Å². The zero-order valence-corrected chi connectivity index (χ0v) is 14.2. The van der Waals surface area contributed by atoms with Gasteiger partial charge in [-0.25, -0.2) is 4.79 Å². The molecule has 2 aromatic rings. The Kier molecular flexibility index (Phi) is 6.27. The van der Waals surface area contributed by atoms with Crippen LogP contribution in [-0.4, -0.2) is 28.8 Å². The smallest absolute Gasteiger partial charge is 0.337 e. The Labute approximate surface area is 145 Å². The molecule has 0 aliphatic rings. The topological polar surface area (TPSA) is 122 Å². The summed E-state index contributed by atoms with van der Waals surface area (Å²) in [6, 6.07) is 8.63. The SMILES string of the molecule is COC(=O)c1ccc(CCC/C(C)=N\Nc2cc(=O)[nH]c(N)n2)cc1. The molecule has 8 heteroatoms. The molecule has 132 valence electrons. The summed E-state index contributed by atoms with van der Waals surface area (Å²) in [6.07, 6.45) is 2.55. The minimum absolute atomic E-state index is 0.0401. The standard InChI is InChI=1S/C17H21N5O3/c1-11(21-22-14-10-15(23)20-17(18)19-14)4-3-5-12-6-8-13(9-7-12)16(24)25-2/h6-10H,3-5H2,1-2H3,(H4,18,19,20,22,23)/b21-11-. The normalized spacial score (nSPS) is 11.2. The quantitative estimate of drug-likeness (QED) is 0.401. The van der Waals surface area contributed by atoms with Gasteiger partial charge in [0, 0.05) is 11.8 Å². The lowest BCUT2D eigenvalue weighted by Gasteiger charge is -2.05. The molecule has 0 aliphatic carbocycles. The molecule has 0 saturated carbocycles. The molecule has 0 unspecified atom stereocenters. The first-order valence-electron chi connectivity index (χ1n) is 7.81. The third kappa shape index (κ3) is 5.76. The second kappa shape index (κ2) is 8.62. The van der Waals surface area contributed by atoms with Crippen LogP contribution in [-0.2, 0) is 11.2 Å². The second-order valence-electron chi connectivity index (χ2n) is 5.52. The molecule has 0 fully saturated rings. The fourth-order valence-electron chi connectivity index (χ4n) is 2.22. The number of carbonyl (C=O) groups is 1. The van der Waals surface area contributed by atoms with E-state index in [4.69, 9.17) is 5.73 Å². The van der Waals surface area contributed by atoms with E-state index in [2.05, 4.69) is 25.2 Å². The summed E-state index contributed by atoms with van der Waals surface area (Å²) < 4.78 is 4.67. The van der Waals surface area contributed by atoms with Crippen LogP contribution in [0.25, 0.3) is 0 Å². The number of rotatable bonds is 7. The Bertz CT molecular complexity index is 812. The first kappa shape index (κ1) is 18.2. The van der Waals surface area contributed by atoms with Crippen LogP contribution in [0.2, 0.25) is 0 Å². The van der Waals surface area contributed by atoms with E-state index in [1.807, 2.05) is 19.1 Å². The number of benzene rings is 1. The van der Waals surface area contributed by atoms with Crippen LogP contribution in [0, 0.1) is 0 Å². The van der Waals surface area contributed by atoms with Gasteiger partial charge in [0.25, 0.3) is 5.56 Å². The second-order valence-corrected chi connectivity index (χ2v) is 5.52. The maximum atomic E-state index is 11.4. The molecule has 0 atom stereocenters. The van der Waals surface area contributed by atoms with E-state index in [1.54, 1.807) is 12.1 Å². The largest absolute Gasteiger partial charge is 0.465 e. The van der Waals surface area contributed by atoms with Crippen LogP contribution >= 0.6 is 0 Å². The maximum absolute atomic E-state index is 11.4. The first-order valence-corrected chi connectivity index (χ1v) is 7.81. The minimum atomic E-state index is -0.338. The van der Waals surface area contributed by atoms with E-state index in [-0.39, 0.29) is 17.5 Å². The Morgan fingerprint density at radius 3 is 2.72 bits per heavy atom. The molecule has 0 aliphatic heterocycles. The summed E-state index contributed by atoms with van der Waals surface area (Å²) in [5, 5.41) is 4.19. The summed E-state index contributed by atoms with van der Waals surface area (Å²) in [6.45, 7) is 1.89. The number of nitrogen functional groups attached to an aromatic ring is 1. The minimum Gasteiger partial charge on any atom is -0.465 e. The molecule has 0 saturated heterocycles. The number of anilines is 2. The molecule has 0 bridgehead atoms. The van der Waals surface area contributed by atoms with Crippen LogP contribution < -0.4 is 16.7 Å². The van der Waals surface area contributed by atoms with Gasteiger partial charge >= 0.3 is 5.97 Å². The van der Waals surface area contributed by atoms with Gasteiger partial charge in [-0.1, -0.05) is 12.1 Å². The van der Waals surface area contributed by atoms with E-state index in [0.717, 1.165) is 30.5 Å². The zero-order chi connectivity index (χ0) is 18.2. The zero-order valence-electron chi connectivity index (χ0n) is 14.2. The van der Waals surface area contributed by atoms with Crippen LogP contribution in [0.4, 0.5) is 11.8 Å². The van der Waals surface area contributed by atoms with E-state index < -0.39 is 0 Å². The first-order chi connectivity index (χ1) is 12.0. The van der Waals surface area contributed by atoms with Crippen molar-refractivity contribution < 1.29 is 9.53 Å². The number of aryl methyl sites for hydroxylation is 1. The van der Waals surface area contributed by atoms with Crippen LogP contribution in [0.5, 0.6) is 0 Å². The molecule has 0 radical (unpaired) electrons. The number of esters is 1. The molecule has 4 N–H and O–H groups in total. The van der Waals surface area contributed by atoms with Crippen molar-refractivity contribution in [3.8, 4) is 0 Å². The van der Waals surface area contributed by atoms with Crippen molar-refractivity contribution in [3.63, 3.8) is 0 Å². The Hall–Kier alpha value is -3.16. The predicted octanol–water partition coefficient (Wildman–Crippen LogP) is 1.95. The van der Waals surface area contributed by atoms with E-state index >= 15 is 0 Å². The number of hydrogen-bond donors (Lipinski definition) is 3. The molecule has 1 aromatic heterocycles. The van der Waals surface area contributed by atoms with E-state index in [1.165, 1.54) is 13.2 Å². The number of H-pyrrole nitrogens is 1. The molecule has 1 aromatic carbocycles. The molecule has 1 heterocycles. The number of aromatic nitrogens is 2. The fraction of sp³-hybridized carbons (Fsp3) is 0.294. The average molecular weight is 343 g/mol. The maximum Gasteiger partial charge on any atom is 0.337 e. The summed E-state index contributed by atoms with van der Waals surface area (Å²) >= 11 is 0. The Morgan fingerprint density at radius 2 is 2.08 bits per heavy atom. The van der Waals surface area contributed by atoms with Crippen molar-refractivity contribution >= 4 is 23.4 Å². The summed E-state index contributed by atoms with van der Waals surface area (Å²) in [5.41, 5.74) is 10.4. The number of methoxy groups -OCH3 is 1. The Morgan fingerprint density at radius 1 is 1.36 bits per heavy atom. The van der Waals surface area contributed by atoms with E-state index in [9.17, 15) is 9.59 Å². The highest BCUT2D eigenvalue weighted by molar-refractivity contribution is 5.89. The van der Waals surface area contributed by atoms with Crippen molar-refractivity contribution in [1.82, 2.24) is 9.97 Å². The molecule has 0 spiro atoms. The number of aromatic amines is 1. The number of nitrogens with one attached hydrogen (secondary N) is 2. The molecular weight excluding hydrogens is 322 g/mol. The number of nitrogens with two attached hydrogens (primary N) is 1. The van der Waals surface area contributed by atoms with Crippen LogP contribution in [0.1, 0.15) is 35.7 Å². The fourth-order valence-corrected chi connectivity index (χ4v) is 2.22. The highest BCUT2D eigenvalue weighted by Crippen LogP contribution is 2.09. The van der Waals surface area contributed by atoms with Gasteiger partial charge in [-0.2, -0.15) is 10.1 Å². The van der Waals surface area contributed by atoms with Gasteiger partial charge in [-0.3, -0.25) is 15.2 Å². The number of carbonyl (C=O) groups excluding carboxylic acids is 1. The lowest BCUT2D eigenvalue weighted by atomic mass is 10.0. The third-order valence-electron chi connectivity index (χ3n) is 3.50. The molecule has 8 nitrogen and oxygen atoms in total. The van der Waals surface area contributed by atoms with Crippen LogP contribution in [0.3, 0.4) is 0 Å². The van der Waals surface area contributed by atoms with Crippen molar-refractivity contribution in [2.24, 2.45) is 5.10 Å². The summed E-state index contributed by atoms with van der Waals surface area (Å²) in [5.74, 6) is 0.00634. The Balaban J connectivity index is 1.82. The van der Waals surface area contributed by atoms with Crippen molar-refractivity contribution in [1.29, 1.82) is 0 Å². The lowest BCUT2D eigenvalue weighted by Crippen LogP contribution is -2.11. The van der Waals surface area contributed by atoms with Gasteiger partial charge in [-0.05, 0) is 43.9 Å². The summed E-state index contributed by atoms with van der Waals surface area (Å²) in [7, 11) is 1.36. The van der Waals surface area contributed by atoms with Gasteiger partial charge in [0.2, 0.25) is 5.95 Å². The average Bonchev–Trinajstić information content (AvgIpc) is 2.59. The van der Waals surface area contributed by atoms with Gasteiger partial charge in [0.1, 0.15) is 0 Å². The molecule has 25 heavy (non-hydrogen) atoms. The molecule has 0 amide bonds. The number of nitrogens with zero attached hydrogens (tertiary/aromatic N) is 2. The van der Waals surface area contributed by atoms with Gasteiger partial charge in [0.05, 0.1) is 12.7 Å². The van der Waals surface area contributed by atoms with Crippen LogP contribution in [0.15, 0.2) is 40.2 Å². The van der Waals surface area contributed by atoms with Gasteiger partial charge in [-0.15, -0.1) is 0 Å². The lowest BCUT2D eigenvalue weighted by molar-refractivity contribution is 0.0600. The molecule has 2 rings (SSSR count). The molecular formula is C17H21N5O3. The van der Waals surface area contributed by atoms with Gasteiger partial charge < -0.3 is 10.5 Å². The third-order valence-corrected chi connectivity index (χ3v) is 3.50. The number of hydrogen-bond acceptors (Lipinski definition) is 7. The number of ether oxygens (including phenoxy) is 1. The number of hydrazone groups is 1. The van der Waals surface area contributed by atoms with Crippen molar-refractivity contribution in [2.75, 3.05) is 18.3 Å². The summed E-state index contributed by atoms with van der Waals surface area (Å²) in [4.78, 5) is 28.9.